The number of halogens is 3. The first-order chi connectivity index (χ1) is 48.9. The van der Waals surface area contributed by atoms with Gasteiger partial charge in [0.15, 0.2) is 0 Å². The van der Waals surface area contributed by atoms with Gasteiger partial charge in [-0.3, -0.25) is 19.9 Å². The summed E-state index contributed by atoms with van der Waals surface area (Å²) in [5, 5.41) is 47.3. The van der Waals surface area contributed by atoms with Crippen molar-refractivity contribution < 1.29 is 33.6 Å². The molecule has 1 aromatic carbocycles. The van der Waals surface area contributed by atoms with Crippen LogP contribution in [0.2, 0.25) is 0 Å². The zero-order valence-corrected chi connectivity index (χ0v) is 59.8. The lowest BCUT2D eigenvalue weighted by Crippen LogP contribution is -2.31. The van der Waals surface area contributed by atoms with E-state index in [4.69, 9.17) is 4.98 Å². The second-order valence-electron chi connectivity index (χ2n) is 28.8. The van der Waals surface area contributed by atoms with Gasteiger partial charge in [-0.05, 0) is 174 Å². The van der Waals surface area contributed by atoms with E-state index in [0.717, 1.165) is 140 Å². The average molecular weight is 1380 g/mol. The Labute approximate surface area is 593 Å². The number of rotatable bonds is 13. The largest absolute Gasteiger partial charge is 0.433 e. The van der Waals surface area contributed by atoms with Gasteiger partial charge in [0.1, 0.15) is 33.8 Å². The molecule has 15 heterocycles. The van der Waals surface area contributed by atoms with Gasteiger partial charge in [0, 0.05) is 213 Å². The zero-order valence-electron chi connectivity index (χ0n) is 59.8. The summed E-state index contributed by atoms with van der Waals surface area (Å²) in [5.41, 5.74) is 19.2. The van der Waals surface area contributed by atoms with E-state index < -0.39 is 29.2 Å². The molecule has 0 saturated carbocycles. The van der Waals surface area contributed by atoms with Crippen molar-refractivity contribution >= 4 is 44.0 Å². The van der Waals surface area contributed by atoms with Crippen molar-refractivity contribution in [1.82, 2.24) is 72.8 Å². The molecule has 0 amide bonds. The van der Waals surface area contributed by atoms with E-state index in [0.29, 0.717) is 32.6 Å². The number of aliphatic hydroxyl groups is 4. The Morgan fingerprint density at radius 1 is 0.480 bits per heavy atom. The SMILES string of the molecule is CN1CCc2c(c3cc(CO)ccc3n2CC(C)(O)c2cccnc2)C1.CN1CCc2c(c3cccnc3n2CCc2ccc(C(F)(F)F)nc2)C1.Cc1cnc2c(c1)c1c(n2CC(C)(O)c2cccnc2)CCN(C)C1.Cc1cnc2c(c1)c1c(n2CC(O)c2ccc(C)nc2)CCN(C)C1. The van der Waals surface area contributed by atoms with Crippen LogP contribution in [0, 0.1) is 20.8 Å². The molecular weight excluding hydrogens is 1290 g/mol. The van der Waals surface area contributed by atoms with Gasteiger partial charge in [-0.25, -0.2) is 15.0 Å². The van der Waals surface area contributed by atoms with Gasteiger partial charge in [0.05, 0.1) is 32.3 Å². The molecule has 0 saturated heterocycles. The molecule has 3 unspecified atom stereocenters. The summed E-state index contributed by atoms with van der Waals surface area (Å²) in [4.78, 5) is 39.4. The predicted molar refractivity (Wildman–Crippen MR) is 391 cm³/mol. The first-order valence-corrected chi connectivity index (χ1v) is 35.2. The van der Waals surface area contributed by atoms with E-state index in [9.17, 15) is 33.6 Å². The maximum atomic E-state index is 12.6. The zero-order chi connectivity index (χ0) is 71.8. The number of likely N-dealkylation sites (N-methyl/N-ethyl adjacent to an activating group) is 4. The lowest BCUT2D eigenvalue weighted by molar-refractivity contribution is -0.141. The van der Waals surface area contributed by atoms with Gasteiger partial charge >= 0.3 is 6.18 Å². The lowest BCUT2D eigenvalue weighted by Gasteiger charge is -2.28. The number of alkyl halides is 3. The maximum Gasteiger partial charge on any atom is 0.433 e. The number of benzene rings is 1. The lowest BCUT2D eigenvalue weighted by atomic mass is 9.97. The van der Waals surface area contributed by atoms with Crippen LogP contribution in [0.3, 0.4) is 0 Å². The smallest absolute Gasteiger partial charge is 0.392 e. The molecule has 4 N–H and O–H groups in total. The van der Waals surface area contributed by atoms with Crippen molar-refractivity contribution in [2.45, 2.75) is 149 Å². The van der Waals surface area contributed by atoms with Gasteiger partial charge in [-0.1, -0.05) is 30.3 Å². The Morgan fingerprint density at radius 2 is 0.980 bits per heavy atom. The van der Waals surface area contributed by atoms with Crippen molar-refractivity contribution in [3.63, 3.8) is 0 Å². The van der Waals surface area contributed by atoms with E-state index in [2.05, 4.69) is 140 Å². The van der Waals surface area contributed by atoms with E-state index >= 15 is 0 Å². The van der Waals surface area contributed by atoms with Crippen LogP contribution in [0.4, 0.5) is 13.2 Å². The first kappa shape index (κ1) is 71.3. The topological polar surface area (TPSA) is 204 Å². The van der Waals surface area contributed by atoms with Crippen LogP contribution < -0.4 is 0 Å². The van der Waals surface area contributed by atoms with E-state index in [1.54, 1.807) is 37.2 Å². The number of fused-ring (bicyclic) bond motifs is 12. The number of hydrogen-bond acceptors (Lipinski definition) is 15. The van der Waals surface area contributed by atoms with Crippen molar-refractivity contribution in [1.29, 1.82) is 0 Å². The van der Waals surface area contributed by atoms with Crippen molar-refractivity contribution in [2.24, 2.45) is 0 Å². The predicted octanol–water partition coefficient (Wildman–Crippen LogP) is 11.5. The fourth-order valence-corrected chi connectivity index (χ4v) is 15.1. The second-order valence-corrected chi connectivity index (χ2v) is 28.8. The average Bonchev–Trinajstić information content (AvgIpc) is 1.63. The Balaban J connectivity index is 0.000000121. The molecule has 16 rings (SSSR count). The molecule has 4 aliphatic heterocycles. The van der Waals surface area contributed by atoms with Crippen molar-refractivity contribution in [3.8, 4) is 0 Å². The molecule has 22 heteroatoms. The number of hydrogen-bond donors (Lipinski definition) is 4. The minimum atomic E-state index is -4.40. The number of pyridine rings is 7. The fourth-order valence-electron chi connectivity index (χ4n) is 15.1. The van der Waals surface area contributed by atoms with Crippen molar-refractivity contribution in [2.75, 3.05) is 54.4 Å². The molecule has 3 atom stereocenters. The summed E-state index contributed by atoms with van der Waals surface area (Å²) in [6.45, 7) is 19.7. The third-order valence-corrected chi connectivity index (χ3v) is 20.6. The fraction of sp³-hybridized carbons (Fsp3) is 0.388. The standard InChI is InChI=1S/C21H25N3O2.2C20H24N4O.C19H19F3N4/c1-21(26,16-4-3-8-22-11-16)14-24-19-6-5-15(13-25)10-17(19)18-12-23(2)9-7-20(18)24;1-13-8-16-17-11-23(3)7-6-18(17)24(20(16)22-9-13)12-19(25)15-5-4-14(2)21-10-15;1-14-9-16-17-12-23(3)8-6-18(17)24(19(16)22-10-14)13-20(2,25)15-5-4-7-21-11-15;1-25-9-7-16-15(12-25)14-3-2-8-23-18(14)26(16)10-6-13-4-5-17(24-11-13)19(20,21)22/h3-6,8,10-11,25-26H,7,9,12-14H2,1-2H3;4-5,8-10,19,25H,6-7,11-12H2,1-3H3;4-5,7,9-11,25H,6,8,12-13H2,1-3H3;2-5,8,11H,6-7,9-10,12H2,1H3. The molecule has 4 aliphatic rings. The molecule has 0 fully saturated rings. The monoisotopic (exact) mass is 1380 g/mol. The van der Waals surface area contributed by atoms with Crippen LogP contribution in [0.5, 0.6) is 0 Å². The Morgan fingerprint density at radius 3 is 1.50 bits per heavy atom. The summed E-state index contributed by atoms with van der Waals surface area (Å²) in [7, 11) is 8.55. The highest BCUT2D eigenvalue weighted by atomic mass is 19.4. The normalized spacial score (nSPS) is 16.5. The Kier molecular flexibility index (Phi) is 20.8. The number of aliphatic hydroxyl groups excluding tert-OH is 2. The minimum absolute atomic E-state index is 0.0408. The van der Waals surface area contributed by atoms with Crippen molar-refractivity contribution in [3.05, 3.63) is 242 Å². The van der Waals surface area contributed by atoms with E-state index in [1.165, 1.54) is 90.0 Å². The molecular formula is C80H92F3N15O4. The maximum absolute atomic E-state index is 12.6. The van der Waals surface area contributed by atoms with Crippen LogP contribution in [-0.2, 0) is 108 Å². The van der Waals surface area contributed by atoms with Gasteiger partial charge in [0.25, 0.3) is 0 Å². The van der Waals surface area contributed by atoms with Gasteiger partial charge in [0.2, 0.25) is 0 Å². The molecule has 19 nitrogen and oxygen atoms in total. The second kappa shape index (κ2) is 29.7. The van der Waals surface area contributed by atoms with Crippen LogP contribution in [0.25, 0.3) is 44.0 Å². The molecule has 532 valence electrons. The van der Waals surface area contributed by atoms with Crippen LogP contribution in [0.1, 0.15) is 115 Å². The summed E-state index contributed by atoms with van der Waals surface area (Å²) < 4.78 is 46.8. The highest BCUT2D eigenvalue weighted by molar-refractivity contribution is 5.87. The molecule has 102 heavy (non-hydrogen) atoms. The highest BCUT2D eigenvalue weighted by Gasteiger charge is 2.34. The third kappa shape index (κ3) is 15.2. The van der Waals surface area contributed by atoms with Crippen LogP contribution >= 0.6 is 0 Å². The summed E-state index contributed by atoms with van der Waals surface area (Å²) >= 11 is 0. The highest BCUT2D eigenvalue weighted by Crippen LogP contribution is 2.38. The van der Waals surface area contributed by atoms with Gasteiger partial charge in [-0.2, -0.15) is 13.2 Å². The number of aryl methyl sites for hydroxylation is 5. The molecule has 0 aliphatic carbocycles. The third-order valence-electron chi connectivity index (χ3n) is 20.6. The quantitative estimate of drug-likeness (QED) is 0.0848. The van der Waals surface area contributed by atoms with Gasteiger partial charge < -0.3 is 58.3 Å². The molecule has 0 radical (unpaired) electrons. The minimum Gasteiger partial charge on any atom is -0.392 e. The number of aromatic nitrogens is 11. The Hall–Kier alpha value is -9.10. The van der Waals surface area contributed by atoms with Gasteiger partial charge in [-0.15, -0.1) is 0 Å². The Bertz CT molecular complexity index is 4930. The molecule has 11 aromatic heterocycles. The summed E-state index contributed by atoms with van der Waals surface area (Å²) in [6.07, 6.45) is 15.1. The summed E-state index contributed by atoms with van der Waals surface area (Å²) in [5.74, 6) is 0. The molecule has 12 aromatic rings. The number of nitrogens with zero attached hydrogens (tertiary/aromatic N) is 15. The molecule has 0 spiro atoms. The van der Waals surface area contributed by atoms with Crippen LogP contribution in [-0.4, -0.2) is 148 Å². The van der Waals surface area contributed by atoms with Crippen LogP contribution in [0.15, 0.2) is 147 Å². The first-order valence-electron chi connectivity index (χ1n) is 35.2. The van der Waals surface area contributed by atoms with E-state index in [1.807, 2.05) is 81.7 Å². The summed E-state index contributed by atoms with van der Waals surface area (Å²) in [6, 6.07) is 28.6. The molecule has 0 bridgehead atoms. The van der Waals surface area contributed by atoms with E-state index in [-0.39, 0.29) is 6.61 Å².